The summed E-state index contributed by atoms with van der Waals surface area (Å²) in [5, 5.41) is 7.00. The third-order valence-corrected chi connectivity index (χ3v) is 2.56. The van der Waals surface area contributed by atoms with E-state index in [4.69, 9.17) is 15.6 Å². The number of aliphatic imine (C=N–C) groups is 1. The molecule has 1 atom stereocenters. The van der Waals surface area contributed by atoms with Crippen molar-refractivity contribution in [2.24, 2.45) is 10.7 Å². The smallest absolute Gasteiger partial charge is 0.215 e. The van der Waals surface area contributed by atoms with Crippen molar-refractivity contribution in [3.8, 4) is 0 Å². The predicted octanol–water partition coefficient (Wildman–Crippen LogP) is -0.399. The summed E-state index contributed by atoms with van der Waals surface area (Å²) in [7, 11) is 2.59. The summed E-state index contributed by atoms with van der Waals surface area (Å²) in [6, 6.07) is 0. The zero-order valence-corrected chi connectivity index (χ0v) is 10.2. The van der Waals surface area contributed by atoms with Crippen LogP contribution in [0.4, 0.5) is 0 Å². The number of ether oxygens (including phenoxy) is 1. The molecule has 7 heteroatoms. The molecule has 6 nitrogen and oxygen atoms in total. The molecule has 1 fully saturated rings. The summed E-state index contributed by atoms with van der Waals surface area (Å²) in [5.41, 5.74) is 5.45. The molecule has 3 N–H and O–H groups in total. The number of rotatable bonds is 4. The van der Waals surface area contributed by atoms with Gasteiger partial charge in [0.1, 0.15) is 12.1 Å². The van der Waals surface area contributed by atoms with Gasteiger partial charge in [-0.3, -0.25) is 14.7 Å². The number of aliphatic hydroxyl groups is 1. The van der Waals surface area contributed by atoms with Gasteiger partial charge >= 0.3 is 0 Å². The minimum Gasteiger partial charge on any atom is -0.400 e. The first kappa shape index (κ1) is 14.9. The molecule has 0 radical (unpaired) electrons. The van der Waals surface area contributed by atoms with Crippen molar-refractivity contribution in [2.75, 3.05) is 25.8 Å². The van der Waals surface area contributed by atoms with Crippen LogP contribution in [0.5, 0.6) is 0 Å². The molecule has 0 aromatic rings. The molecule has 0 saturated carbocycles. The topological polar surface area (TPSA) is 88.2 Å². The molecule has 0 aromatic heterocycles. The highest BCUT2D eigenvalue weighted by molar-refractivity contribution is 7.99. The maximum absolute atomic E-state index is 10.7. The van der Waals surface area contributed by atoms with E-state index in [0.717, 1.165) is 19.3 Å². The van der Waals surface area contributed by atoms with Crippen LogP contribution in [0.2, 0.25) is 0 Å². The van der Waals surface area contributed by atoms with Crippen LogP contribution in [0.1, 0.15) is 0 Å². The third kappa shape index (κ3) is 5.15. The van der Waals surface area contributed by atoms with E-state index in [0.29, 0.717) is 11.8 Å². The first-order valence-corrected chi connectivity index (χ1v) is 5.70. The first-order valence-electron chi connectivity index (χ1n) is 4.55. The summed E-state index contributed by atoms with van der Waals surface area (Å²) in [6.07, 6.45) is 3.68. The highest BCUT2D eigenvalue weighted by Crippen LogP contribution is 2.18. The predicted molar refractivity (Wildman–Crippen MR) is 64.9 cm³/mol. The molecule has 16 heavy (non-hydrogen) atoms. The summed E-state index contributed by atoms with van der Waals surface area (Å²) < 4.78 is 5.30. The highest BCUT2D eigenvalue weighted by Gasteiger charge is 2.20. The Morgan fingerprint density at radius 3 is 2.81 bits per heavy atom. The summed E-state index contributed by atoms with van der Waals surface area (Å²) in [6.45, 7) is 0. The van der Waals surface area contributed by atoms with Gasteiger partial charge in [-0.15, -0.1) is 11.8 Å². The second-order valence-corrected chi connectivity index (χ2v) is 3.60. The minimum atomic E-state index is -0.182. The van der Waals surface area contributed by atoms with E-state index >= 15 is 0 Å². The number of hydrogen-bond donors (Lipinski definition) is 2. The van der Waals surface area contributed by atoms with Gasteiger partial charge in [0.05, 0.1) is 5.94 Å². The lowest BCUT2D eigenvalue weighted by molar-refractivity contribution is -0.123. The van der Waals surface area contributed by atoms with E-state index in [2.05, 4.69) is 4.99 Å². The maximum Gasteiger partial charge on any atom is 0.215 e. The van der Waals surface area contributed by atoms with Gasteiger partial charge in [-0.2, -0.15) is 0 Å². The maximum atomic E-state index is 10.7. The number of carbonyl (C=O) groups excluding carboxylic acids is 1. The molecule has 92 valence electrons. The molecule has 0 bridgehead atoms. The first-order chi connectivity index (χ1) is 7.77. The van der Waals surface area contributed by atoms with Crippen LogP contribution in [0.25, 0.3) is 0 Å². The van der Waals surface area contributed by atoms with E-state index in [9.17, 15) is 4.79 Å². The number of amidine groups is 1. The van der Waals surface area contributed by atoms with Gasteiger partial charge in [0.25, 0.3) is 0 Å². The van der Waals surface area contributed by atoms with Gasteiger partial charge in [0.2, 0.25) is 6.41 Å². The molecular formula is C9H17N3O3S. The Hall–Kier alpha value is -1.05. The number of aliphatic hydroxyl groups excluding tert-OH is 1. The number of nitrogens with two attached hydrogens (primary N) is 1. The van der Waals surface area contributed by atoms with Gasteiger partial charge in [-0.05, 0) is 6.08 Å². The molecule has 1 heterocycles. The lowest BCUT2D eigenvalue weighted by Gasteiger charge is -2.18. The van der Waals surface area contributed by atoms with Gasteiger partial charge < -0.3 is 15.6 Å². The van der Waals surface area contributed by atoms with Crippen molar-refractivity contribution in [2.45, 2.75) is 6.23 Å². The number of thioether (sulfide) groups is 1. The minimum absolute atomic E-state index is 0.182. The molecule has 0 unspecified atom stereocenters. The quantitative estimate of drug-likeness (QED) is 0.401. The van der Waals surface area contributed by atoms with E-state index in [1.165, 1.54) is 4.90 Å². The zero-order chi connectivity index (χ0) is 12.4. The molecule has 1 aliphatic heterocycles. The van der Waals surface area contributed by atoms with Crippen LogP contribution in [-0.2, 0) is 9.53 Å². The Labute approximate surface area is 99.2 Å². The van der Waals surface area contributed by atoms with Crippen LogP contribution in [0, 0.1) is 0 Å². The zero-order valence-electron chi connectivity index (χ0n) is 9.37. The fourth-order valence-corrected chi connectivity index (χ4v) is 1.75. The molecule has 0 aromatic carbocycles. The van der Waals surface area contributed by atoms with Crippen LogP contribution in [0.3, 0.4) is 0 Å². The number of amides is 1. The average molecular weight is 247 g/mol. The standard InChI is InChI=1S/C8H13N3O2S.CH4O/c1-10-7(9)2-3-11(5-12)8-4-14-6-13-8;1-2/h2-3,5,8H,4,6H2,1H3,(H2,9,10);2H,1H3/b3-2-;/t8-;/m0./s1. The molecule has 0 spiro atoms. The van der Waals surface area contributed by atoms with E-state index < -0.39 is 0 Å². The van der Waals surface area contributed by atoms with Crippen LogP contribution in [0.15, 0.2) is 17.3 Å². The molecule has 1 aliphatic rings. The van der Waals surface area contributed by atoms with Crippen LogP contribution >= 0.6 is 11.8 Å². The fourth-order valence-electron chi connectivity index (χ4n) is 0.932. The van der Waals surface area contributed by atoms with Gasteiger partial charge in [0, 0.05) is 26.1 Å². The van der Waals surface area contributed by atoms with Crippen LogP contribution in [-0.4, -0.2) is 54.3 Å². The Balaban J connectivity index is 0.00000106. The SMILES string of the molecule is CN=C(N)/C=C\N(C=O)[C@@H]1CSCO1.CO. The second-order valence-electron chi connectivity index (χ2n) is 2.63. The molecular weight excluding hydrogens is 230 g/mol. The largest absolute Gasteiger partial charge is 0.400 e. The number of carbonyl (C=O) groups is 1. The lowest BCUT2D eigenvalue weighted by Crippen LogP contribution is -2.31. The van der Waals surface area contributed by atoms with Crippen molar-refractivity contribution >= 4 is 24.0 Å². The van der Waals surface area contributed by atoms with Gasteiger partial charge in [-0.1, -0.05) is 0 Å². The second kappa shape index (κ2) is 9.20. The molecule has 1 rings (SSSR count). The number of hydrogen-bond acceptors (Lipinski definition) is 5. The lowest BCUT2D eigenvalue weighted by atomic mass is 10.5. The third-order valence-electron chi connectivity index (χ3n) is 1.73. The molecule has 0 aliphatic carbocycles. The van der Waals surface area contributed by atoms with Crippen molar-refractivity contribution in [3.63, 3.8) is 0 Å². The fraction of sp³-hybridized carbons (Fsp3) is 0.556. The van der Waals surface area contributed by atoms with Crippen LogP contribution < -0.4 is 5.73 Å². The number of nitrogens with zero attached hydrogens (tertiary/aromatic N) is 2. The Morgan fingerprint density at radius 1 is 1.69 bits per heavy atom. The van der Waals surface area contributed by atoms with Crippen molar-refractivity contribution in [1.29, 1.82) is 0 Å². The molecule has 1 saturated heterocycles. The van der Waals surface area contributed by atoms with E-state index in [1.54, 1.807) is 31.1 Å². The Morgan fingerprint density at radius 2 is 2.38 bits per heavy atom. The van der Waals surface area contributed by atoms with Crippen molar-refractivity contribution in [1.82, 2.24) is 4.90 Å². The van der Waals surface area contributed by atoms with Gasteiger partial charge in [-0.25, -0.2) is 0 Å². The summed E-state index contributed by atoms with van der Waals surface area (Å²) in [5.74, 6) is 1.79. The van der Waals surface area contributed by atoms with Crippen molar-refractivity contribution in [3.05, 3.63) is 12.3 Å². The normalized spacial score (nSPS) is 20.4. The van der Waals surface area contributed by atoms with Gasteiger partial charge in [0.15, 0.2) is 0 Å². The average Bonchev–Trinajstić information content (AvgIpc) is 2.86. The highest BCUT2D eigenvalue weighted by atomic mass is 32.2. The Kier molecular flexibility index (Phi) is 8.59. The van der Waals surface area contributed by atoms with E-state index in [1.807, 2.05) is 0 Å². The monoisotopic (exact) mass is 247 g/mol. The molecule has 1 amide bonds. The summed E-state index contributed by atoms with van der Waals surface area (Å²) in [4.78, 5) is 15.9. The van der Waals surface area contributed by atoms with Crippen molar-refractivity contribution < 1.29 is 14.6 Å². The van der Waals surface area contributed by atoms with E-state index in [-0.39, 0.29) is 6.23 Å². The Bertz CT molecular complexity index is 252. The summed E-state index contributed by atoms with van der Waals surface area (Å²) >= 11 is 1.65.